The summed E-state index contributed by atoms with van der Waals surface area (Å²) in [6.45, 7) is 5.24. The van der Waals surface area contributed by atoms with Gasteiger partial charge in [0.25, 0.3) is 10.1 Å². The zero-order chi connectivity index (χ0) is 26.0. The van der Waals surface area contributed by atoms with E-state index >= 15 is 0 Å². The summed E-state index contributed by atoms with van der Waals surface area (Å²) in [5.41, 5.74) is -2.19. The zero-order valence-electron chi connectivity index (χ0n) is 20.3. The van der Waals surface area contributed by atoms with Crippen LogP contribution in [0.15, 0.2) is 23.8 Å². The summed E-state index contributed by atoms with van der Waals surface area (Å²) in [4.78, 5) is 37.1. The molecule has 0 radical (unpaired) electrons. The second-order valence-corrected chi connectivity index (χ2v) is 12.8. The topological polar surface area (TPSA) is 155 Å². The van der Waals surface area contributed by atoms with Crippen LogP contribution in [0.25, 0.3) is 0 Å². The minimum atomic E-state index is -4.34. The van der Waals surface area contributed by atoms with Gasteiger partial charge in [-0.3, -0.25) is 18.9 Å². The smallest absolute Gasteiger partial charge is 0.307 e. The normalized spacial score (nSPS) is 42.5. The highest BCUT2D eigenvalue weighted by atomic mass is 32.2. The molecule has 0 spiro atoms. The van der Waals surface area contributed by atoms with E-state index in [1.54, 1.807) is 12.2 Å². The van der Waals surface area contributed by atoms with Gasteiger partial charge in [-0.2, -0.15) is 8.42 Å². The SMILES string of the molecule is C[C@H]1C[C@@H]2[C@H]([C@@H](O)C[C@@]3(C)[C@H]2CC[C@]3(O)C(=O)COC(=O)CCS(=O)(=O)O)[C@@]2(C)C=CC(=O)C=C12. The number of carbonyl (C=O) groups is 3. The van der Waals surface area contributed by atoms with Gasteiger partial charge in [-0.05, 0) is 55.6 Å². The van der Waals surface area contributed by atoms with Crippen LogP contribution in [-0.2, 0) is 29.2 Å². The molecule has 0 saturated heterocycles. The van der Waals surface area contributed by atoms with Gasteiger partial charge in [-0.25, -0.2) is 0 Å². The predicted octanol–water partition coefficient (Wildman–Crippen LogP) is 1.63. The van der Waals surface area contributed by atoms with Gasteiger partial charge in [-0.1, -0.05) is 32.4 Å². The Morgan fingerprint density at radius 2 is 1.94 bits per heavy atom. The van der Waals surface area contributed by atoms with E-state index in [2.05, 4.69) is 13.8 Å². The number of aliphatic hydroxyl groups is 2. The lowest BCUT2D eigenvalue weighted by atomic mass is 9.45. The molecule has 4 aliphatic carbocycles. The second kappa shape index (κ2) is 8.61. The Morgan fingerprint density at radius 1 is 1.26 bits per heavy atom. The first-order chi connectivity index (χ1) is 16.1. The van der Waals surface area contributed by atoms with Gasteiger partial charge in [0.2, 0.25) is 5.78 Å². The van der Waals surface area contributed by atoms with Crippen LogP contribution in [0.3, 0.4) is 0 Å². The number of hydrogen-bond acceptors (Lipinski definition) is 8. The Morgan fingerprint density at radius 3 is 2.60 bits per heavy atom. The molecule has 0 heterocycles. The summed E-state index contributed by atoms with van der Waals surface area (Å²) in [7, 11) is -4.34. The molecule has 3 fully saturated rings. The van der Waals surface area contributed by atoms with Gasteiger partial charge in [0.05, 0.1) is 18.3 Å². The maximum Gasteiger partial charge on any atom is 0.307 e. The molecule has 0 unspecified atom stereocenters. The Bertz CT molecular complexity index is 1110. The van der Waals surface area contributed by atoms with E-state index in [-0.39, 0.29) is 42.3 Å². The van der Waals surface area contributed by atoms with E-state index < -0.39 is 63.2 Å². The molecule has 0 bridgehead atoms. The highest BCUT2D eigenvalue weighted by Gasteiger charge is 2.68. The standard InChI is InChI=1S/C25H34O9S/c1-14-10-16-17-5-8-25(30,20(28)13-34-21(29)6-9-35(31,32)33)24(17,3)12-19(27)22(16)23(2)7-4-15(26)11-18(14)23/h4,7,11,14,16-17,19,22,27,30H,5-6,8-10,12-13H2,1-3H3,(H,31,32,33)/t14-,16-,17-,19-,22+,23-,24-,25-/m0/s1. The van der Waals surface area contributed by atoms with E-state index in [9.17, 15) is 33.0 Å². The van der Waals surface area contributed by atoms with Crippen molar-refractivity contribution < 1.29 is 42.3 Å². The van der Waals surface area contributed by atoms with Crippen LogP contribution in [0, 0.1) is 34.5 Å². The van der Waals surface area contributed by atoms with Crippen molar-refractivity contribution in [3.05, 3.63) is 23.8 Å². The molecule has 0 aromatic carbocycles. The third-order valence-corrected chi connectivity index (χ3v) is 10.1. The molecular formula is C25H34O9S. The number of esters is 1. The van der Waals surface area contributed by atoms with Crippen LogP contribution in [0.4, 0.5) is 0 Å². The fourth-order valence-corrected chi connectivity index (χ4v) is 8.19. The molecule has 3 N–H and O–H groups in total. The Labute approximate surface area is 205 Å². The fraction of sp³-hybridized carbons (Fsp3) is 0.720. The number of Topliss-reactive ketones (excluding diaryl/α,β-unsaturated/α-hetero) is 1. The van der Waals surface area contributed by atoms with Crippen LogP contribution in [0.5, 0.6) is 0 Å². The number of ketones is 2. The molecule has 35 heavy (non-hydrogen) atoms. The van der Waals surface area contributed by atoms with E-state index in [0.29, 0.717) is 6.42 Å². The predicted molar refractivity (Wildman–Crippen MR) is 125 cm³/mol. The molecule has 0 aliphatic heterocycles. The number of ether oxygens (including phenoxy) is 1. The van der Waals surface area contributed by atoms with Crippen molar-refractivity contribution in [2.24, 2.45) is 34.5 Å². The first-order valence-corrected chi connectivity index (χ1v) is 13.7. The molecule has 4 aliphatic rings. The van der Waals surface area contributed by atoms with Crippen molar-refractivity contribution in [1.82, 2.24) is 0 Å². The maximum absolute atomic E-state index is 13.2. The van der Waals surface area contributed by atoms with Crippen molar-refractivity contribution in [3.8, 4) is 0 Å². The monoisotopic (exact) mass is 510 g/mol. The van der Waals surface area contributed by atoms with Gasteiger partial charge < -0.3 is 14.9 Å². The molecule has 10 heteroatoms. The number of allylic oxidation sites excluding steroid dienone is 4. The van der Waals surface area contributed by atoms with Gasteiger partial charge in [0.1, 0.15) is 5.60 Å². The third kappa shape index (κ3) is 4.22. The zero-order valence-corrected chi connectivity index (χ0v) is 21.1. The second-order valence-electron chi connectivity index (χ2n) is 11.3. The van der Waals surface area contributed by atoms with E-state index in [0.717, 1.165) is 12.0 Å². The first kappa shape index (κ1) is 26.2. The minimum Gasteiger partial charge on any atom is -0.458 e. The van der Waals surface area contributed by atoms with E-state index in [1.165, 1.54) is 0 Å². The molecule has 3 saturated carbocycles. The van der Waals surface area contributed by atoms with E-state index in [4.69, 9.17) is 9.29 Å². The molecule has 8 atom stereocenters. The molecule has 0 amide bonds. The van der Waals surface area contributed by atoms with Gasteiger partial charge in [0.15, 0.2) is 12.4 Å². The van der Waals surface area contributed by atoms with Crippen molar-refractivity contribution in [3.63, 3.8) is 0 Å². The van der Waals surface area contributed by atoms with Crippen LogP contribution >= 0.6 is 0 Å². The number of aliphatic hydroxyl groups excluding tert-OH is 1. The minimum absolute atomic E-state index is 0.0258. The average molecular weight is 511 g/mol. The van der Waals surface area contributed by atoms with E-state index in [1.807, 2.05) is 13.0 Å². The molecule has 194 valence electrons. The molecule has 0 aromatic heterocycles. The van der Waals surface area contributed by atoms with Crippen molar-refractivity contribution in [1.29, 1.82) is 0 Å². The number of carbonyl (C=O) groups excluding carboxylic acids is 3. The number of fused-ring (bicyclic) bond motifs is 5. The summed E-state index contributed by atoms with van der Waals surface area (Å²) in [5, 5.41) is 23.1. The van der Waals surface area contributed by atoms with Crippen LogP contribution in [0.1, 0.15) is 52.9 Å². The lowest BCUT2D eigenvalue weighted by Crippen LogP contribution is -2.62. The highest BCUT2D eigenvalue weighted by molar-refractivity contribution is 7.85. The summed E-state index contributed by atoms with van der Waals surface area (Å²) < 4.78 is 35.3. The summed E-state index contributed by atoms with van der Waals surface area (Å²) >= 11 is 0. The lowest BCUT2D eigenvalue weighted by molar-refractivity contribution is -0.182. The summed E-state index contributed by atoms with van der Waals surface area (Å²) in [6.07, 6.45) is 5.42. The summed E-state index contributed by atoms with van der Waals surface area (Å²) in [5.74, 6) is -2.56. The van der Waals surface area contributed by atoms with Gasteiger partial charge in [0, 0.05) is 16.7 Å². The molecule has 0 aromatic rings. The van der Waals surface area contributed by atoms with Crippen LogP contribution in [-0.4, -0.2) is 64.8 Å². The maximum atomic E-state index is 13.2. The van der Waals surface area contributed by atoms with Crippen LogP contribution < -0.4 is 0 Å². The third-order valence-electron chi connectivity index (χ3n) is 9.36. The quantitative estimate of drug-likeness (QED) is 0.357. The molecule has 4 rings (SSSR count). The Kier molecular flexibility index (Phi) is 6.44. The molecule has 9 nitrogen and oxygen atoms in total. The van der Waals surface area contributed by atoms with Crippen LogP contribution in [0.2, 0.25) is 0 Å². The number of rotatable bonds is 6. The van der Waals surface area contributed by atoms with Crippen molar-refractivity contribution in [2.45, 2.75) is 64.6 Å². The lowest BCUT2D eigenvalue weighted by Gasteiger charge is -2.60. The Hall–Kier alpha value is -1.88. The molecular weight excluding hydrogens is 476 g/mol. The van der Waals surface area contributed by atoms with Crippen molar-refractivity contribution in [2.75, 3.05) is 12.4 Å². The summed E-state index contributed by atoms with van der Waals surface area (Å²) in [6, 6.07) is 0. The van der Waals surface area contributed by atoms with Gasteiger partial charge in [-0.15, -0.1) is 0 Å². The first-order valence-electron chi connectivity index (χ1n) is 12.1. The highest BCUT2D eigenvalue weighted by Crippen LogP contribution is 2.67. The average Bonchev–Trinajstić information content (AvgIpc) is 3.02. The largest absolute Gasteiger partial charge is 0.458 e. The Balaban J connectivity index is 1.55. The fourth-order valence-electron chi connectivity index (χ4n) is 7.76. The van der Waals surface area contributed by atoms with Crippen molar-refractivity contribution >= 4 is 27.7 Å². The van der Waals surface area contributed by atoms with Gasteiger partial charge >= 0.3 is 5.97 Å². The number of hydrogen-bond donors (Lipinski definition) is 3.